The average molecular weight is 480 g/mol. The first-order valence-electron chi connectivity index (χ1n) is 13.2. The highest BCUT2D eigenvalue weighted by atomic mass is 16.3. The molecule has 0 atom stereocenters. The zero-order valence-corrected chi connectivity index (χ0v) is 21.9. The number of aromatic hydroxyl groups is 1. The lowest BCUT2D eigenvalue weighted by molar-refractivity contribution is -0.118. The van der Waals surface area contributed by atoms with Crippen LogP contribution in [0.15, 0.2) is 24.3 Å². The minimum absolute atomic E-state index is 0.0602. The summed E-state index contributed by atoms with van der Waals surface area (Å²) in [6.07, 6.45) is 5.20. The number of hydrogen-bond acceptors (Lipinski definition) is 6. The van der Waals surface area contributed by atoms with Gasteiger partial charge in [-0.15, -0.1) is 0 Å². The zero-order chi connectivity index (χ0) is 25.0. The highest BCUT2D eigenvalue weighted by Gasteiger charge is 2.26. The van der Waals surface area contributed by atoms with Gasteiger partial charge in [0.25, 0.3) is 0 Å². The van der Waals surface area contributed by atoms with E-state index in [0.29, 0.717) is 25.1 Å². The molecule has 0 spiro atoms. The lowest BCUT2D eigenvalue weighted by Crippen LogP contribution is -2.47. The van der Waals surface area contributed by atoms with E-state index in [4.69, 9.17) is 9.97 Å². The first-order chi connectivity index (χ1) is 16.8. The molecule has 0 unspecified atom stereocenters. The van der Waals surface area contributed by atoms with Gasteiger partial charge < -0.3 is 14.9 Å². The zero-order valence-electron chi connectivity index (χ0n) is 21.9. The second-order valence-corrected chi connectivity index (χ2v) is 10.9. The van der Waals surface area contributed by atoms with Crippen LogP contribution in [0.3, 0.4) is 0 Å². The van der Waals surface area contributed by atoms with Crippen molar-refractivity contribution >= 4 is 17.4 Å². The Labute approximate surface area is 210 Å². The number of nitrogens with zero attached hydrogens (tertiary/aromatic N) is 5. The fraction of sp³-hybridized carbons (Fsp3) is 0.607. The predicted octanol–water partition coefficient (Wildman–Crippen LogP) is 4.31. The Bertz CT molecular complexity index is 1020. The highest BCUT2D eigenvalue weighted by molar-refractivity contribution is 5.96. The van der Waals surface area contributed by atoms with Crippen LogP contribution >= 0.6 is 0 Å². The van der Waals surface area contributed by atoms with Crippen LogP contribution < -0.4 is 9.80 Å². The van der Waals surface area contributed by atoms with Crippen molar-refractivity contribution in [2.75, 3.05) is 49.1 Å². The summed E-state index contributed by atoms with van der Waals surface area (Å²) in [5, 5.41) is 10.1. The number of rotatable bonds is 8. The Morgan fingerprint density at radius 3 is 2.46 bits per heavy atom. The number of aromatic nitrogens is 2. The lowest BCUT2D eigenvalue weighted by Gasteiger charge is -2.36. The number of piperazine rings is 1. The van der Waals surface area contributed by atoms with Gasteiger partial charge in [-0.05, 0) is 44.4 Å². The smallest absolute Gasteiger partial charge is 0.227 e. The standard InChI is InChI=1S/C28H41N5O2/c1-5-9-21-20-25(30-27(29-21)28(2,3)4)32-18-16-31(17-19-32)14-6-7-15-33-23-10-8-11-24(34)22(23)12-13-26(33)35/h8,10-11,20,34H,5-7,9,12-19H2,1-4H3. The number of unbranched alkanes of at least 4 members (excludes halogenated alkanes) is 1. The Morgan fingerprint density at radius 2 is 1.74 bits per heavy atom. The van der Waals surface area contributed by atoms with Crippen LogP contribution in [0.25, 0.3) is 0 Å². The minimum Gasteiger partial charge on any atom is -0.508 e. The molecular weight excluding hydrogens is 438 g/mol. The van der Waals surface area contributed by atoms with Crippen LogP contribution in [0, 0.1) is 0 Å². The molecule has 0 bridgehead atoms. The number of phenolic OH excluding ortho intramolecular Hbond substituents is 1. The molecule has 2 aliphatic rings. The normalized spacial score (nSPS) is 17.1. The molecule has 35 heavy (non-hydrogen) atoms. The van der Waals surface area contributed by atoms with E-state index in [9.17, 15) is 9.90 Å². The second kappa shape index (κ2) is 10.9. The third-order valence-corrected chi connectivity index (χ3v) is 7.05. The Kier molecular flexibility index (Phi) is 7.95. The van der Waals surface area contributed by atoms with Gasteiger partial charge in [0.2, 0.25) is 5.91 Å². The van der Waals surface area contributed by atoms with Crippen molar-refractivity contribution in [1.82, 2.24) is 14.9 Å². The molecule has 0 aliphatic carbocycles. The quantitative estimate of drug-likeness (QED) is 0.569. The van der Waals surface area contributed by atoms with Gasteiger partial charge in [0.05, 0.1) is 5.69 Å². The van der Waals surface area contributed by atoms with Crippen LogP contribution in [-0.2, 0) is 23.1 Å². The van der Waals surface area contributed by atoms with Gasteiger partial charge in [-0.25, -0.2) is 9.97 Å². The van der Waals surface area contributed by atoms with Crippen LogP contribution in [0.1, 0.15) is 70.5 Å². The van der Waals surface area contributed by atoms with E-state index in [1.165, 1.54) is 0 Å². The predicted molar refractivity (Wildman–Crippen MR) is 141 cm³/mol. The number of aryl methyl sites for hydroxylation is 1. The van der Waals surface area contributed by atoms with Crippen molar-refractivity contribution in [3.63, 3.8) is 0 Å². The van der Waals surface area contributed by atoms with Gasteiger partial charge in [-0.2, -0.15) is 0 Å². The summed E-state index contributed by atoms with van der Waals surface area (Å²) in [5.74, 6) is 2.47. The molecule has 0 radical (unpaired) electrons. The maximum Gasteiger partial charge on any atom is 0.227 e. The number of carbonyl (C=O) groups is 1. The van der Waals surface area contributed by atoms with Crippen molar-refractivity contribution in [2.45, 2.75) is 71.6 Å². The third-order valence-electron chi connectivity index (χ3n) is 7.05. The van der Waals surface area contributed by atoms with Crippen molar-refractivity contribution in [3.8, 4) is 5.75 Å². The monoisotopic (exact) mass is 479 g/mol. The Hall–Kier alpha value is -2.67. The summed E-state index contributed by atoms with van der Waals surface area (Å²) in [7, 11) is 0. The van der Waals surface area contributed by atoms with Crippen molar-refractivity contribution < 1.29 is 9.90 Å². The molecular formula is C28H41N5O2. The fourth-order valence-corrected chi connectivity index (χ4v) is 4.99. The molecule has 2 aromatic rings. The van der Waals surface area contributed by atoms with Gasteiger partial charge in [-0.3, -0.25) is 9.69 Å². The van der Waals surface area contributed by atoms with Crippen LogP contribution in [0.2, 0.25) is 0 Å². The molecule has 1 aromatic heterocycles. The number of hydrogen-bond donors (Lipinski definition) is 1. The lowest BCUT2D eigenvalue weighted by atomic mass is 9.95. The Balaban J connectivity index is 1.27. The highest BCUT2D eigenvalue weighted by Crippen LogP contribution is 2.34. The van der Waals surface area contributed by atoms with Crippen molar-refractivity contribution in [1.29, 1.82) is 0 Å². The Morgan fingerprint density at radius 1 is 1.00 bits per heavy atom. The molecule has 0 saturated carbocycles. The fourth-order valence-electron chi connectivity index (χ4n) is 4.99. The summed E-state index contributed by atoms with van der Waals surface area (Å²) in [5.41, 5.74) is 2.88. The van der Waals surface area contributed by atoms with Crippen LogP contribution in [0.4, 0.5) is 11.5 Å². The van der Waals surface area contributed by atoms with Crippen molar-refractivity contribution in [2.24, 2.45) is 0 Å². The van der Waals surface area contributed by atoms with E-state index in [2.05, 4.69) is 43.6 Å². The summed E-state index contributed by atoms with van der Waals surface area (Å²) in [4.78, 5) is 29.1. The third kappa shape index (κ3) is 6.13. The molecule has 3 heterocycles. The maximum atomic E-state index is 12.5. The number of carbonyl (C=O) groups excluding carboxylic acids is 1. The van der Waals surface area contributed by atoms with E-state index in [-0.39, 0.29) is 11.3 Å². The van der Waals surface area contributed by atoms with Gasteiger partial charge in [0.15, 0.2) is 0 Å². The number of anilines is 2. The van der Waals surface area contributed by atoms with Crippen LogP contribution in [0.5, 0.6) is 5.75 Å². The largest absolute Gasteiger partial charge is 0.508 e. The molecule has 1 saturated heterocycles. The first kappa shape index (κ1) is 25.4. The molecule has 1 aromatic carbocycles. The molecule has 190 valence electrons. The van der Waals surface area contributed by atoms with E-state index in [1.54, 1.807) is 6.07 Å². The molecule has 2 aliphatic heterocycles. The molecule has 7 nitrogen and oxygen atoms in total. The SMILES string of the molecule is CCCc1cc(N2CCN(CCCCN3C(=O)CCc4c(O)cccc43)CC2)nc(C(C)(C)C)n1. The van der Waals surface area contributed by atoms with Crippen molar-refractivity contribution in [3.05, 3.63) is 41.3 Å². The molecule has 1 amide bonds. The van der Waals surface area contributed by atoms with Crippen LogP contribution in [-0.4, -0.2) is 65.2 Å². The van der Waals surface area contributed by atoms with Gasteiger partial charge >= 0.3 is 0 Å². The summed E-state index contributed by atoms with van der Waals surface area (Å²) in [6, 6.07) is 7.67. The molecule has 7 heteroatoms. The summed E-state index contributed by atoms with van der Waals surface area (Å²) < 4.78 is 0. The molecule has 1 N–H and O–H groups in total. The number of fused-ring (bicyclic) bond motifs is 1. The summed E-state index contributed by atoms with van der Waals surface area (Å²) >= 11 is 0. The van der Waals surface area contributed by atoms with E-state index >= 15 is 0 Å². The second-order valence-electron chi connectivity index (χ2n) is 10.9. The van der Waals surface area contributed by atoms with E-state index < -0.39 is 0 Å². The number of phenols is 1. The van der Waals surface area contributed by atoms with E-state index in [0.717, 1.165) is 87.0 Å². The molecule has 4 rings (SSSR count). The minimum atomic E-state index is -0.0602. The van der Waals surface area contributed by atoms with Gasteiger partial charge in [0.1, 0.15) is 17.4 Å². The first-order valence-corrected chi connectivity index (χ1v) is 13.2. The molecule has 1 fully saturated rings. The maximum absolute atomic E-state index is 12.5. The number of amides is 1. The van der Waals surface area contributed by atoms with Gasteiger partial charge in [-0.1, -0.05) is 40.2 Å². The average Bonchev–Trinajstić information content (AvgIpc) is 2.83. The van der Waals surface area contributed by atoms with Gasteiger partial charge in [0, 0.05) is 61.9 Å². The number of benzene rings is 1. The van der Waals surface area contributed by atoms with E-state index in [1.807, 2.05) is 17.0 Å². The topological polar surface area (TPSA) is 72.8 Å². The summed E-state index contributed by atoms with van der Waals surface area (Å²) in [6.45, 7) is 14.5.